The lowest BCUT2D eigenvalue weighted by atomic mass is 10.1. The standard InChI is InChI=1S/C12H17BrFNO/c1-15(2)7-6-10(16)8-9-4-3-5-11(14)12(9)13/h3-5,10,16H,6-8H2,1-2H3. The van der Waals surface area contributed by atoms with Gasteiger partial charge in [0.15, 0.2) is 0 Å². The second-order valence-electron chi connectivity index (χ2n) is 4.16. The van der Waals surface area contributed by atoms with Crippen LogP contribution in [0.3, 0.4) is 0 Å². The number of hydrogen-bond acceptors (Lipinski definition) is 2. The van der Waals surface area contributed by atoms with Crippen LogP contribution in [0.15, 0.2) is 22.7 Å². The topological polar surface area (TPSA) is 23.5 Å². The maximum Gasteiger partial charge on any atom is 0.137 e. The Kier molecular flexibility index (Phi) is 5.38. The van der Waals surface area contributed by atoms with E-state index in [1.807, 2.05) is 25.1 Å². The zero-order chi connectivity index (χ0) is 12.1. The summed E-state index contributed by atoms with van der Waals surface area (Å²) < 4.78 is 13.7. The lowest BCUT2D eigenvalue weighted by molar-refractivity contribution is 0.152. The Morgan fingerprint density at radius 2 is 2.12 bits per heavy atom. The van der Waals surface area contributed by atoms with Crippen LogP contribution in [-0.4, -0.2) is 36.8 Å². The molecule has 0 saturated carbocycles. The maximum atomic E-state index is 13.2. The fourth-order valence-electron chi connectivity index (χ4n) is 1.47. The smallest absolute Gasteiger partial charge is 0.137 e. The van der Waals surface area contributed by atoms with Gasteiger partial charge in [0.2, 0.25) is 0 Å². The van der Waals surface area contributed by atoms with Crippen molar-refractivity contribution >= 4 is 15.9 Å². The van der Waals surface area contributed by atoms with E-state index in [4.69, 9.17) is 0 Å². The van der Waals surface area contributed by atoms with Gasteiger partial charge in [-0.3, -0.25) is 0 Å². The van der Waals surface area contributed by atoms with Gasteiger partial charge in [-0.25, -0.2) is 4.39 Å². The van der Waals surface area contributed by atoms with E-state index in [0.29, 0.717) is 17.3 Å². The molecule has 0 radical (unpaired) electrons. The molecule has 0 aromatic heterocycles. The molecular weight excluding hydrogens is 273 g/mol. The molecule has 0 bridgehead atoms. The Bertz CT molecular complexity index is 344. The molecule has 0 amide bonds. The van der Waals surface area contributed by atoms with E-state index < -0.39 is 6.10 Å². The van der Waals surface area contributed by atoms with Crippen molar-refractivity contribution in [3.63, 3.8) is 0 Å². The number of halogens is 2. The van der Waals surface area contributed by atoms with Crippen LogP contribution in [0.5, 0.6) is 0 Å². The first kappa shape index (κ1) is 13.6. The minimum Gasteiger partial charge on any atom is -0.393 e. The molecule has 0 fully saturated rings. The van der Waals surface area contributed by atoms with Crippen LogP contribution in [0.1, 0.15) is 12.0 Å². The first-order chi connectivity index (χ1) is 7.50. The summed E-state index contributed by atoms with van der Waals surface area (Å²) >= 11 is 3.19. The minimum atomic E-state index is -0.430. The van der Waals surface area contributed by atoms with Crippen molar-refractivity contribution in [2.24, 2.45) is 0 Å². The molecular formula is C12H17BrFNO. The molecule has 0 saturated heterocycles. The zero-order valence-electron chi connectivity index (χ0n) is 9.58. The van der Waals surface area contributed by atoms with Gasteiger partial charge in [0, 0.05) is 0 Å². The molecule has 1 N–H and O–H groups in total. The summed E-state index contributed by atoms with van der Waals surface area (Å²) in [6.45, 7) is 0.827. The van der Waals surface area contributed by atoms with Crippen molar-refractivity contribution in [3.05, 3.63) is 34.1 Å². The third-order valence-corrected chi connectivity index (χ3v) is 3.28. The van der Waals surface area contributed by atoms with Crippen molar-refractivity contribution in [2.45, 2.75) is 18.9 Å². The molecule has 0 heterocycles. The first-order valence-electron chi connectivity index (χ1n) is 5.26. The number of rotatable bonds is 5. The summed E-state index contributed by atoms with van der Waals surface area (Å²) in [6, 6.07) is 4.89. The van der Waals surface area contributed by atoms with E-state index in [1.165, 1.54) is 6.07 Å². The van der Waals surface area contributed by atoms with Crippen LogP contribution in [0.4, 0.5) is 4.39 Å². The number of nitrogens with zero attached hydrogens (tertiary/aromatic N) is 1. The Morgan fingerprint density at radius 1 is 1.44 bits per heavy atom. The van der Waals surface area contributed by atoms with Crippen LogP contribution < -0.4 is 0 Å². The van der Waals surface area contributed by atoms with Gasteiger partial charge >= 0.3 is 0 Å². The summed E-state index contributed by atoms with van der Waals surface area (Å²) in [7, 11) is 3.93. The molecule has 1 aromatic rings. The van der Waals surface area contributed by atoms with Crippen LogP contribution in [0.25, 0.3) is 0 Å². The van der Waals surface area contributed by atoms with Crippen LogP contribution in [0, 0.1) is 5.82 Å². The van der Waals surface area contributed by atoms with E-state index in [0.717, 1.165) is 12.1 Å². The summed E-state index contributed by atoms with van der Waals surface area (Å²) in [4.78, 5) is 2.02. The quantitative estimate of drug-likeness (QED) is 0.900. The second kappa shape index (κ2) is 6.33. The second-order valence-corrected chi connectivity index (χ2v) is 4.96. The van der Waals surface area contributed by atoms with E-state index in [2.05, 4.69) is 15.9 Å². The SMILES string of the molecule is CN(C)CCC(O)Cc1cccc(F)c1Br. The highest BCUT2D eigenvalue weighted by molar-refractivity contribution is 9.10. The van der Waals surface area contributed by atoms with Crippen molar-refractivity contribution in [1.82, 2.24) is 4.90 Å². The van der Waals surface area contributed by atoms with E-state index in [1.54, 1.807) is 6.07 Å². The summed E-state index contributed by atoms with van der Waals surface area (Å²) in [6.07, 6.45) is 0.739. The van der Waals surface area contributed by atoms with E-state index in [9.17, 15) is 9.50 Å². The third kappa shape index (κ3) is 4.20. The van der Waals surface area contributed by atoms with Crippen molar-refractivity contribution in [1.29, 1.82) is 0 Å². The third-order valence-electron chi connectivity index (χ3n) is 2.40. The van der Waals surface area contributed by atoms with Gasteiger partial charge in [0.1, 0.15) is 5.82 Å². The average Bonchev–Trinajstić information content (AvgIpc) is 2.22. The summed E-state index contributed by atoms with van der Waals surface area (Å²) in [5.41, 5.74) is 0.811. The fraction of sp³-hybridized carbons (Fsp3) is 0.500. The van der Waals surface area contributed by atoms with Crippen molar-refractivity contribution in [2.75, 3.05) is 20.6 Å². The summed E-state index contributed by atoms with van der Waals surface area (Å²) in [5, 5.41) is 9.80. The highest BCUT2D eigenvalue weighted by Crippen LogP contribution is 2.22. The Balaban J connectivity index is 2.56. The highest BCUT2D eigenvalue weighted by Gasteiger charge is 2.10. The molecule has 0 aliphatic rings. The van der Waals surface area contributed by atoms with Crippen molar-refractivity contribution < 1.29 is 9.50 Å². The molecule has 4 heteroatoms. The molecule has 1 rings (SSSR count). The molecule has 2 nitrogen and oxygen atoms in total. The molecule has 0 aliphatic carbocycles. The highest BCUT2D eigenvalue weighted by atomic mass is 79.9. The first-order valence-corrected chi connectivity index (χ1v) is 6.05. The fourth-order valence-corrected chi connectivity index (χ4v) is 1.90. The van der Waals surface area contributed by atoms with Crippen LogP contribution >= 0.6 is 15.9 Å². The molecule has 90 valence electrons. The van der Waals surface area contributed by atoms with Gasteiger partial charge in [-0.1, -0.05) is 12.1 Å². The largest absolute Gasteiger partial charge is 0.393 e. The lowest BCUT2D eigenvalue weighted by Crippen LogP contribution is -2.21. The minimum absolute atomic E-state index is 0.280. The van der Waals surface area contributed by atoms with Crippen LogP contribution in [-0.2, 0) is 6.42 Å². The van der Waals surface area contributed by atoms with Gasteiger partial charge < -0.3 is 10.0 Å². The summed E-state index contributed by atoms with van der Waals surface area (Å²) in [5.74, 6) is -0.280. The van der Waals surface area contributed by atoms with Crippen LogP contribution in [0.2, 0.25) is 0 Å². The van der Waals surface area contributed by atoms with Gasteiger partial charge in [0.25, 0.3) is 0 Å². The van der Waals surface area contributed by atoms with Gasteiger partial charge in [-0.15, -0.1) is 0 Å². The van der Waals surface area contributed by atoms with Gasteiger partial charge in [0.05, 0.1) is 10.6 Å². The van der Waals surface area contributed by atoms with Crippen molar-refractivity contribution in [3.8, 4) is 0 Å². The monoisotopic (exact) mass is 289 g/mol. The predicted molar refractivity (Wildman–Crippen MR) is 67.0 cm³/mol. The molecule has 0 aliphatic heterocycles. The Hall–Kier alpha value is -0.450. The number of benzene rings is 1. The normalized spacial score (nSPS) is 13.1. The molecule has 1 atom stereocenters. The average molecular weight is 290 g/mol. The number of hydrogen-bond donors (Lipinski definition) is 1. The molecule has 16 heavy (non-hydrogen) atoms. The predicted octanol–water partition coefficient (Wildman–Crippen LogP) is 2.44. The molecule has 0 spiro atoms. The number of aliphatic hydroxyl groups is 1. The van der Waals surface area contributed by atoms with E-state index >= 15 is 0 Å². The Labute approximate surface area is 104 Å². The zero-order valence-corrected chi connectivity index (χ0v) is 11.2. The Morgan fingerprint density at radius 3 is 2.75 bits per heavy atom. The van der Waals surface area contributed by atoms with E-state index in [-0.39, 0.29) is 5.82 Å². The lowest BCUT2D eigenvalue weighted by Gasteiger charge is -2.15. The van der Waals surface area contributed by atoms with Gasteiger partial charge in [-0.05, 0) is 61.0 Å². The molecule has 1 aromatic carbocycles. The van der Waals surface area contributed by atoms with Gasteiger partial charge in [-0.2, -0.15) is 0 Å². The number of aliphatic hydroxyl groups excluding tert-OH is 1. The maximum absolute atomic E-state index is 13.2. The molecule has 1 unspecified atom stereocenters.